The van der Waals surface area contributed by atoms with E-state index >= 15 is 0 Å². The van der Waals surface area contributed by atoms with Gasteiger partial charge in [0.15, 0.2) is 5.60 Å². The van der Waals surface area contributed by atoms with Gasteiger partial charge in [-0.1, -0.05) is 182 Å². The summed E-state index contributed by atoms with van der Waals surface area (Å²) in [5.41, 5.74) is -1.74. The van der Waals surface area contributed by atoms with E-state index in [0.29, 0.717) is 13.2 Å². The third-order valence-corrected chi connectivity index (χ3v) is 9.36. The Morgan fingerprint density at radius 1 is 0.347 bits per heavy atom. The summed E-state index contributed by atoms with van der Waals surface area (Å²) in [4.78, 5) is 40.1. The summed E-state index contributed by atoms with van der Waals surface area (Å²) in [6.45, 7) is 9.93. The Balaban J connectivity index is 5.36. The lowest BCUT2D eigenvalue weighted by Gasteiger charge is -2.30. The normalized spacial score (nSPS) is 11.5. The lowest BCUT2D eigenvalue weighted by molar-refractivity contribution is -0.186. The molecule has 0 fully saturated rings. The molecule has 7 nitrogen and oxygen atoms in total. The molecular formula is C42H80O7. The van der Waals surface area contributed by atoms with E-state index in [2.05, 4.69) is 27.7 Å². The van der Waals surface area contributed by atoms with Crippen molar-refractivity contribution in [2.45, 2.75) is 226 Å². The van der Waals surface area contributed by atoms with Gasteiger partial charge in [-0.05, 0) is 25.7 Å². The Morgan fingerprint density at radius 2 is 0.612 bits per heavy atom. The molecule has 0 aromatic heterocycles. The van der Waals surface area contributed by atoms with Crippen LogP contribution in [0.3, 0.4) is 0 Å². The molecule has 7 heteroatoms. The standard InChI is InChI=1S/C42H80O7/c1-5-9-13-17-21-22-23-24-28-32-36-49-42(41(45)48-35-31-27-20-16-12-8-4,37-39(43)46-33-29-25-18-14-10-6-2)38-40(44)47-34-30-26-19-15-11-7-3/h5-38H2,1-4H3. The quantitative estimate of drug-likeness (QED) is 0.0360. The first kappa shape index (κ1) is 47.4. The molecule has 290 valence electrons. The van der Waals surface area contributed by atoms with E-state index in [4.69, 9.17) is 18.9 Å². The number of hydrogen-bond donors (Lipinski definition) is 0. The van der Waals surface area contributed by atoms with Crippen molar-refractivity contribution < 1.29 is 33.3 Å². The zero-order chi connectivity index (χ0) is 36.1. The van der Waals surface area contributed by atoms with Gasteiger partial charge in [0.05, 0.1) is 32.7 Å². The molecule has 0 N–H and O–H groups in total. The summed E-state index contributed by atoms with van der Waals surface area (Å²) in [7, 11) is 0. The number of rotatable bonds is 38. The van der Waals surface area contributed by atoms with E-state index in [1.54, 1.807) is 0 Å². The molecule has 0 aliphatic heterocycles. The Kier molecular flexibility index (Phi) is 35.0. The summed E-state index contributed by atoms with van der Waals surface area (Å²) in [6.07, 6.45) is 30.4. The Labute approximate surface area is 303 Å². The van der Waals surface area contributed by atoms with Crippen LogP contribution in [0.25, 0.3) is 0 Å². The summed E-state index contributed by atoms with van der Waals surface area (Å²) in [6, 6.07) is 0. The van der Waals surface area contributed by atoms with Gasteiger partial charge >= 0.3 is 17.9 Å². The monoisotopic (exact) mass is 697 g/mol. The molecular weight excluding hydrogens is 616 g/mol. The highest BCUT2D eigenvalue weighted by molar-refractivity contribution is 5.90. The zero-order valence-corrected chi connectivity index (χ0v) is 32.9. The predicted octanol–water partition coefficient (Wildman–Crippen LogP) is 12.2. The van der Waals surface area contributed by atoms with Crippen LogP contribution in [-0.4, -0.2) is 49.9 Å². The highest BCUT2D eigenvalue weighted by Crippen LogP contribution is 2.27. The van der Waals surface area contributed by atoms with Gasteiger partial charge in [0.25, 0.3) is 0 Å². The number of carbonyl (C=O) groups is 3. The average molecular weight is 697 g/mol. The minimum absolute atomic E-state index is 0.244. The third-order valence-electron chi connectivity index (χ3n) is 9.36. The number of carbonyl (C=O) groups excluding carboxylic acids is 3. The largest absolute Gasteiger partial charge is 0.466 e. The first-order valence-corrected chi connectivity index (χ1v) is 21.1. The van der Waals surface area contributed by atoms with E-state index in [-0.39, 0.29) is 26.1 Å². The lowest BCUT2D eigenvalue weighted by atomic mass is 9.94. The Bertz CT molecular complexity index is 721. The van der Waals surface area contributed by atoms with Crippen LogP contribution >= 0.6 is 0 Å². The molecule has 0 saturated carbocycles. The molecule has 0 bridgehead atoms. The summed E-state index contributed by atoms with van der Waals surface area (Å²) >= 11 is 0. The number of ether oxygens (including phenoxy) is 4. The molecule has 0 rings (SSSR count). The van der Waals surface area contributed by atoms with Crippen LogP contribution in [0.2, 0.25) is 0 Å². The van der Waals surface area contributed by atoms with E-state index in [1.807, 2.05) is 0 Å². The van der Waals surface area contributed by atoms with E-state index in [1.165, 1.54) is 103 Å². The van der Waals surface area contributed by atoms with E-state index in [9.17, 15) is 14.4 Å². The molecule has 0 heterocycles. The zero-order valence-electron chi connectivity index (χ0n) is 32.9. The van der Waals surface area contributed by atoms with Crippen molar-refractivity contribution in [3.8, 4) is 0 Å². The van der Waals surface area contributed by atoms with Crippen molar-refractivity contribution in [1.82, 2.24) is 0 Å². The fourth-order valence-corrected chi connectivity index (χ4v) is 6.11. The molecule has 0 aromatic rings. The lowest BCUT2D eigenvalue weighted by Crippen LogP contribution is -2.47. The van der Waals surface area contributed by atoms with Crippen LogP contribution in [0.15, 0.2) is 0 Å². The van der Waals surface area contributed by atoms with Crippen LogP contribution in [0.5, 0.6) is 0 Å². The second-order valence-electron chi connectivity index (χ2n) is 14.3. The van der Waals surface area contributed by atoms with Crippen molar-refractivity contribution >= 4 is 17.9 Å². The first-order chi connectivity index (χ1) is 24.0. The van der Waals surface area contributed by atoms with Gasteiger partial charge in [-0.3, -0.25) is 9.59 Å². The highest BCUT2D eigenvalue weighted by atomic mass is 16.6. The van der Waals surface area contributed by atoms with Gasteiger partial charge < -0.3 is 18.9 Å². The van der Waals surface area contributed by atoms with Crippen LogP contribution in [-0.2, 0) is 33.3 Å². The Morgan fingerprint density at radius 3 is 0.939 bits per heavy atom. The molecule has 0 unspecified atom stereocenters. The minimum Gasteiger partial charge on any atom is -0.466 e. The van der Waals surface area contributed by atoms with Gasteiger partial charge in [-0.15, -0.1) is 0 Å². The smallest absolute Gasteiger partial charge is 0.339 e. The summed E-state index contributed by atoms with van der Waals surface area (Å²) in [5, 5.41) is 0. The summed E-state index contributed by atoms with van der Waals surface area (Å²) < 4.78 is 23.2. The minimum atomic E-state index is -1.74. The van der Waals surface area contributed by atoms with Crippen LogP contribution < -0.4 is 0 Å². The van der Waals surface area contributed by atoms with Crippen LogP contribution in [0, 0.1) is 0 Å². The molecule has 0 aliphatic carbocycles. The number of unbranched alkanes of at least 4 members (excludes halogenated alkanes) is 24. The molecule has 49 heavy (non-hydrogen) atoms. The molecule has 0 atom stereocenters. The van der Waals surface area contributed by atoms with Gasteiger partial charge in [-0.2, -0.15) is 0 Å². The fourth-order valence-electron chi connectivity index (χ4n) is 6.11. The maximum absolute atomic E-state index is 13.8. The maximum atomic E-state index is 13.8. The molecule has 0 spiro atoms. The molecule has 0 aliphatic rings. The highest BCUT2D eigenvalue weighted by Gasteiger charge is 2.46. The number of hydrogen-bond acceptors (Lipinski definition) is 7. The number of esters is 3. The van der Waals surface area contributed by atoms with Crippen molar-refractivity contribution in [3.05, 3.63) is 0 Å². The molecule has 0 amide bonds. The van der Waals surface area contributed by atoms with E-state index in [0.717, 1.165) is 77.0 Å². The van der Waals surface area contributed by atoms with Crippen molar-refractivity contribution in [2.75, 3.05) is 26.4 Å². The summed E-state index contributed by atoms with van der Waals surface area (Å²) in [5.74, 6) is -1.71. The Hall–Kier alpha value is -1.63. The molecule has 0 saturated heterocycles. The fraction of sp³-hybridized carbons (Fsp3) is 0.929. The molecule has 0 radical (unpaired) electrons. The maximum Gasteiger partial charge on any atom is 0.339 e. The average Bonchev–Trinajstić information content (AvgIpc) is 3.09. The predicted molar refractivity (Wildman–Crippen MR) is 203 cm³/mol. The first-order valence-electron chi connectivity index (χ1n) is 21.1. The van der Waals surface area contributed by atoms with Gasteiger partial charge in [-0.25, -0.2) is 4.79 Å². The van der Waals surface area contributed by atoms with Gasteiger partial charge in [0.2, 0.25) is 0 Å². The SMILES string of the molecule is CCCCCCCCCCCCOC(CC(=O)OCCCCCCCC)(CC(=O)OCCCCCCCC)C(=O)OCCCCCCCC. The van der Waals surface area contributed by atoms with Crippen molar-refractivity contribution in [2.24, 2.45) is 0 Å². The van der Waals surface area contributed by atoms with E-state index < -0.39 is 23.5 Å². The third kappa shape index (κ3) is 29.8. The van der Waals surface area contributed by atoms with Gasteiger partial charge in [0, 0.05) is 6.61 Å². The molecule has 0 aromatic carbocycles. The second-order valence-corrected chi connectivity index (χ2v) is 14.3. The van der Waals surface area contributed by atoms with Crippen molar-refractivity contribution in [1.29, 1.82) is 0 Å². The van der Waals surface area contributed by atoms with Gasteiger partial charge in [0.1, 0.15) is 0 Å². The topological polar surface area (TPSA) is 88.1 Å². The van der Waals surface area contributed by atoms with Crippen LogP contribution in [0.4, 0.5) is 0 Å². The second kappa shape index (κ2) is 36.2. The van der Waals surface area contributed by atoms with Crippen molar-refractivity contribution in [3.63, 3.8) is 0 Å². The van der Waals surface area contributed by atoms with Crippen LogP contribution in [0.1, 0.15) is 220 Å².